The van der Waals surface area contributed by atoms with E-state index in [4.69, 9.17) is 0 Å². The first kappa shape index (κ1) is 12.4. The molecular formula is C10H18N2O2S. The Balaban J connectivity index is 2.40. The van der Waals surface area contributed by atoms with E-state index in [-0.39, 0.29) is 18.4 Å². The molecule has 1 rings (SSSR count). The number of hydrogen-bond acceptors (Lipinski definition) is 3. The predicted molar refractivity (Wildman–Crippen MR) is 61.6 cm³/mol. The van der Waals surface area contributed by atoms with Crippen LogP contribution in [-0.2, 0) is 9.59 Å². The Morgan fingerprint density at radius 3 is 2.87 bits per heavy atom. The molecule has 1 saturated heterocycles. The van der Waals surface area contributed by atoms with Crippen molar-refractivity contribution in [2.45, 2.75) is 32.1 Å². The molecule has 1 fully saturated rings. The highest BCUT2D eigenvalue weighted by atomic mass is 32.2. The number of carbonyl (C=O) groups excluding carboxylic acids is 2. The van der Waals surface area contributed by atoms with Gasteiger partial charge in [0.25, 0.3) is 0 Å². The van der Waals surface area contributed by atoms with Gasteiger partial charge in [0, 0.05) is 19.2 Å². The second-order valence-electron chi connectivity index (χ2n) is 3.61. The monoisotopic (exact) mass is 230 g/mol. The molecule has 2 amide bonds. The van der Waals surface area contributed by atoms with Gasteiger partial charge in [0.2, 0.25) is 11.8 Å². The molecule has 0 radical (unpaired) electrons. The molecule has 1 heterocycles. The number of carbonyl (C=O) groups is 2. The molecular weight excluding hydrogens is 212 g/mol. The van der Waals surface area contributed by atoms with Crippen LogP contribution in [0.5, 0.6) is 0 Å². The number of nitrogens with one attached hydrogen (secondary N) is 1. The van der Waals surface area contributed by atoms with Gasteiger partial charge in [0.05, 0.1) is 11.9 Å². The number of rotatable bonds is 4. The van der Waals surface area contributed by atoms with Crippen LogP contribution in [0.3, 0.4) is 0 Å². The summed E-state index contributed by atoms with van der Waals surface area (Å²) in [6.07, 6.45) is 2.12. The van der Waals surface area contributed by atoms with E-state index in [1.807, 2.05) is 16.7 Å². The Labute approximate surface area is 94.8 Å². The van der Waals surface area contributed by atoms with Gasteiger partial charge in [-0.15, -0.1) is 11.8 Å². The van der Waals surface area contributed by atoms with E-state index in [0.29, 0.717) is 5.37 Å². The van der Waals surface area contributed by atoms with Gasteiger partial charge in [-0.3, -0.25) is 9.59 Å². The first-order chi connectivity index (χ1) is 7.15. The smallest absolute Gasteiger partial charge is 0.242 e. The summed E-state index contributed by atoms with van der Waals surface area (Å²) in [6, 6.07) is 0. The average Bonchev–Trinajstić information content (AvgIpc) is 2.63. The highest BCUT2D eigenvalue weighted by Gasteiger charge is 2.28. The lowest BCUT2D eigenvalue weighted by atomic mass is 10.3. The van der Waals surface area contributed by atoms with Crippen molar-refractivity contribution in [3.63, 3.8) is 0 Å². The van der Waals surface area contributed by atoms with Crippen molar-refractivity contribution >= 4 is 23.6 Å². The average molecular weight is 230 g/mol. The third kappa shape index (κ3) is 3.74. The lowest BCUT2D eigenvalue weighted by Crippen LogP contribution is -2.41. The second kappa shape index (κ2) is 6.00. The minimum Gasteiger partial charge on any atom is -0.347 e. The third-order valence-corrected chi connectivity index (χ3v) is 3.63. The highest BCUT2D eigenvalue weighted by molar-refractivity contribution is 8.00. The number of hydrogen-bond donors (Lipinski definition) is 1. The molecule has 1 N–H and O–H groups in total. The maximum absolute atomic E-state index is 11.7. The van der Waals surface area contributed by atoms with E-state index in [9.17, 15) is 9.59 Å². The summed E-state index contributed by atoms with van der Waals surface area (Å²) in [5.74, 6) is 0.895. The first-order valence-corrected chi connectivity index (χ1v) is 6.35. The lowest BCUT2D eigenvalue weighted by molar-refractivity contribution is -0.132. The van der Waals surface area contributed by atoms with Crippen LogP contribution in [0, 0.1) is 0 Å². The second-order valence-corrected chi connectivity index (χ2v) is 4.90. The Morgan fingerprint density at radius 2 is 2.27 bits per heavy atom. The molecule has 0 bridgehead atoms. The minimum atomic E-state index is -0.151. The van der Waals surface area contributed by atoms with Crippen LogP contribution < -0.4 is 5.32 Å². The predicted octanol–water partition coefficient (Wildman–Crippen LogP) is 0.824. The van der Waals surface area contributed by atoms with Gasteiger partial charge < -0.3 is 10.2 Å². The molecule has 0 aromatic heterocycles. The van der Waals surface area contributed by atoms with Crippen molar-refractivity contribution in [1.29, 1.82) is 0 Å². The first-order valence-electron chi connectivity index (χ1n) is 5.30. The summed E-state index contributed by atoms with van der Waals surface area (Å²) < 4.78 is 0. The van der Waals surface area contributed by atoms with Crippen molar-refractivity contribution in [3.05, 3.63) is 0 Å². The Bertz CT molecular complexity index is 246. The maximum atomic E-state index is 11.7. The van der Waals surface area contributed by atoms with Crippen LogP contribution >= 0.6 is 11.8 Å². The van der Waals surface area contributed by atoms with Crippen LogP contribution in [0.1, 0.15) is 26.7 Å². The quantitative estimate of drug-likeness (QED) is 0.778. The van der Waals surface area contributed by atoms with Gasteiger partial charge in [0.15, 0.2) is 0 Å². The third-order valence-electron chi connectivity index (χ3n) is 2.33. The van der Waals surface area contributed by atoms with Crippen molar-refractivity contribution in [2.24, 2.45) is 0 Å². The lowest BCUT2D eigenvalue weighted by Gasteiger charge is -2.23. The SMILES string of the molecule is CCC[C@@H]1SCCN1C(=O)CNC(C)=O. The molecule has 86 valence electrons. The van der Waals surface area contributed by atoms with E-state index in [1.165, 1.54) is 6.92 Å². The van der Waals surface area contributed by atoms with Gasteiger partial charge in [-0.1, -0.05) is 13.3 Å². The van der Waals surface area contributed by atoms with Gasteiger partial charge in [-0.2, -0.15) is 0 Å². The van der Waals surface area contributed by atoms with Crippen molar-refractivity contribution in [2.75, 3.05) is 18.8 Å². The van der Waals surface area contributed by atoms with Crippen molar-refractivity contribution < 1.29 is 9.59 Å². The van der Waals surface area contributed by atoms with Crippen LogP contribution in [0.25, 0.3) is 0 Å². The molecule has 1 atom stereocenters. The molecule has 1 aliphatic heterocycles. The highest BCUT2D eigenvalue weighted by Crippen LogP contribution is 2.27. The summed E-state index contributed by atoms with van der Waals surface area (Å²) >= 11 is 1.83. The largest absolute Gasteiger partial charge is 0.347 e. The summed E-state index contributed by atoms with van der Waals surface area (Å²) in [7, 11) is 0. The fourth-order valence-electron chi connectivity index (χ4n) is 1.59. The fourth-order valence-corrected chi connectivity index (χ4v) is 2.97. The topological polar surface area (TPSA) is 49.4 Å². The van der Waals surface area contributed by atoms with E-state index in [0.717, 1.165) is 25.1 Å². The molecule has 0 saturated carbocycles. The van der Waals surface area contributed by atoms with Crippen LogP contribution in [-0.4, -0.2) is 40.9 Å². The van der Waals surface area contributed by atoms with Crippen LogP contribution in [0.2, 0.25) is 0 Å². The van der Waals surface area contributed by atoms with E-state index in [2.05, 4.69) is 12.2 Å². The maximum Gasteiger partial charge on any atom is 0.242 e. The number of thioether (sulfide) groups is 1. The fraction of sp³-hybridized carbons (Fsp3) is 0.800. The zero-order valence-electron chi connectivity index (χ0n) is 9.28. The molecule has 0 unspecified atom stereocenters. The molecule has 1 aliphatic rings. The Kier molecular flexibility index (Phi) is 4.94. The standard InChI is InChI=1S/C10H18N2O2S/c1-3-4-10-12(5-6-15-10)9(14)7-11-8(2)13/h10H,3-7H2,1-2H3,(H,11,13)/t10-/m0/s1. The molecule has 0 aromatic rings. The number of nitrogens with zero attached hydrogens (tertiary/aromatic N) is 1. The zero-order chi connectivity index (χ0) is 11.3. The van der Waals surface area contributed by atoms with Crippen molar-refractivity contribution in [1.82, 2.24) is 10.2 Å². The normalized spacial score (nSPS) is 20.4. The van der Waals surface area contributed by atoms with Crippen LogP contribution in [0.4, 0.5) is 0 Å². The molecule has 0 aliphatic carbocycles. The molecule has 5 heteroatoms. The summed E-state index contributed by atoms with van der Waals surface area (Å²) in [5, 5.41) is 2.86. The molecule has 15 heavy (non-hydrogen) atoms. The van der Waals surface area contributed by atoms with E-state index >= 15 is 0 Å². The van der Waals surface area contributed by atoms with Gasteiger partial charge in [-0.05, 0) is 6.42 Å². The number of amides is 2. The molecule has 4 nitrogen and oxygen atoms in total. The Morgan fingerprint density at radius 1 is 1.53 bits per heavy atom. The van der Waals surface area contributed by atoms with Crippen molar-refractivity contribution in [3.8, 4) is 0 Å². The van der Waals surface area contributed by atoms with Gasteiger partial charge in [0.1, 0.15) is 0 Å². The molecule has 0 aromatic carbocycles. The summed E-state index contributed by atoms with van der Waals surface area (Å²) in [6.45, 7) is 4.49. The summed E-state index contributed by atoms with van der Waals surface area (Å²) in [4.78, 5) is 24.3. The Hall–Kier alpha value is -0.710. The zero-order valence-corrected chi connectivity index (χ0v) is 10.1. The van der Waals surface area contributed by atoms with E-state index in [1.54, 1.807) is 0 Å². The summed E-state index contributed by atoms with van der Waals surface area (Å²) in [5.41, 5.74) is 0. The minimum absolute atomic E-state index is 0.0358. The van der Waals surface area contributed by atoms with Crippen LogP contribution in [0.15, 0.2) is 0 Å². The van der Waals surface area contributed by atoms with Gasteiger partial charge in [-0.25, -0.2) is 0 Å². The van der Waals surface area contributed by atoms with E-state index < -0.39 is 0 Å². The van der Waals surface area contributed by atoms with Gasteiger partial charge >= 0.3 is 0 Å². The molecule has 0 spiro atoms.